The maximum absolute atomic E-state index is 4.32. The molecule has 2 aromatic heterocycles. The highest BCUT2D eigenvalue weighted by molar-refractivity contribution is 5.79. The lowest BCUT2D eigenvalue weighted by atomic mass is 10.2. The number of nitrogens with one attached hydrogen (secondary N) is 2. The number of fused-ring (bicyclic) bond motifs is 1. The van der Waals surface area contributed by atoms with Gasteiger partial charge in [0.25, 0.3) is 0 Å². The number of nitrogens with zero attached hydrogens (tertiary/aromatic N) is 2. The molecule has 0 bridgehead atoms. The zero-order valence-corrected chi connectivity index (χ0v) is 8.20. The summed E-state index contributed by atoms with van der Waals surface area (Å²) in [6.45, 7) is 0. The molecule has 4 nitrogen and oxygen atoms in total. The van der Waals surface area contributed by atoms with E-state index in [0.717, 1.165) is 22.5 Å². The molecule has 72 valence electrons. The van der Waals surface area contributed by atoms with Crippen LogP contribution < -0.4 is 10.6 Å². The smallest absolute Gasteiger partial charge is 0.161 e. The summed E-state index contributed by atoms with van der Waals surface area (Å²) in [5.74, 6) is 0.835. The van der Waals surface area contributed by atoms with Crippen LogP contribution in [0.5, 0.6) is 0 Å². The quantitative estimate of drug-likeness (QED) is 0.753. The molecule has 0 aromatic carbocycles. The second-order valence-corrected chi connectivity index (χ2v) is 2.97. The Balaban J connectivity index is 2.57. The molecule has 0 saturated heterocycles. The van der Waals surface area contributed by atoms with Gasteiger partial charge in [-0.3, -0.25) is 0 Å². The van der Waals surface area contributed by atoms with Gasteiger partial charge in [-0.05, 0) is 18.2 Å². The van der Waals surface area contributed by atoms with Crippen LogP contribution in [0.15, 0.2) is 24.4 Å². The first kappa shape index (κ1) is 8.74. The van der Waals surface area contributed by atoms with Crippen molar-refractivity contribution >= 4 is 22.5 Å². The summed E-state index contributed by atoms with van der Waals surface area (Å²) in [7, 11) is 3.72. The van der Waals surface area contributed by atoms with Gasteiger partial charge < -0.3 is 10.6 Å². The molecule has 4 heteroatoms. The molecule has 0 radical (unpaired) electrons. The van der Waals surface area contributed by atoms with Crippen molar-refractivity contribution in [1.29, 1.82) is 0 Å². The van der Waals surface area contributed by atoms with Gasteiger partial charge in [0.2, 0.25) is 0 Å². The Kier molecular flexibility index (Phi) is 2.18. The second kappa shape index (κ2) is 3.49. The van der Waals surface area contributed by atoms with Crippen molar-refractivity contribution in [2.75, 3.05) is 24.7 Å². The van der Waals surface area contributed by atoms with Gasteiger partial charge in [-0.2, -0.15) is 0 Å². The average Bonchev–Trinajstić information content (AvgIpc) is 2.27. The van der Waals surface area contributed by atoms with Gasteiger partial charge in [0.05, 0.1) is 11.9 Å². The van der Waals surface area contributed by atoms with E-state index < -0.39 is 0 Å². The van der Waals surface area contributed by atoms with Gasteiger partial charge in [-0.15, -0.1) is 0 Å². The Morgan fingerprint density at radius 2 is 2.00 bits per heavy atom. The summed E-state index contributed by atoms with van der Waals surface area (Å²) < 4.78 is 0. The number of rotatable bonds is 2. The molecule has 0 aliphatic carbocycles. The van der Waals surface area contributed by atoms with Gasteiger partial charge in [0.1, 0.15) is 5.82 Å². The van der Waals surface area contributed by atoms with Crippen molar-refractivity contribution in [3.63, 3.8) is 0 Å². The fraction of sp³-hybridized carbons (Fsp3) is 0.200. The van der Waals surface area contributed by atoms with Crippen molar-refractivity contribution in [3.8, 4) is 0 Å². The lowest BCUT2D eigenvalue weighted by Crippen LogP contribution is -1.94. The van der Waals surface area contributed by atoms with E-state index in [1.54, 1.807) is 6.20 Å². The van der Waals surface area contributed by atoms with Crippen LogP contribution in [-0.2, 0) is 0 Å². The second-order valence-electron chi connectivity index (χ2n) is 2.97. The summed E-state index contributed by atoms with van der Waals surface area (Å²) >= 11 is 0. The lowest BCUT2D eigenvalue weighted by Gasteiger charge is -2.03. The molecule has 0 amide bonds. The SMILES string of the molecule is CNc1cnc2nc(NC)ccc2c1. The molecule has 0 aliphatic rings. The molecule has 2 N–H and O–H groups in total. The topological polar surface area (TPSA) is 49.8 Å². The molecule has 0 spiro atoms. The Morgan fingerprint density at radius 1 is 1.14 bits per heavy atom. The molecule has 0 unspecified atom stereocenters. The molecular formula is C10H12N4. The minimum Gasteiger partial charge on any atom is -0.387 e. The van der Waals surface area contributed by atoms with Crippen molar-refractivity contribution < 1.29 is 0 Å². The van der Waals surface area contributed by atoms with Gasteiger partial charge in [-0.25, -0.2) is 9.97 Å². The third-order valence-electron chi connectivity index (χ3n) is 2.09. The van der Waals surface area contributed by atoms with Crippen molar-refractivity contribution in [2.45, 2.75) is 0 Å². The van der Waals surface area contributed by atoms with Crippen molar-refractivity contribution in [3.05, 3.63) is 24.4 Å². The van der Waals surface area contributed by atoms with Crippen LogP contribution in [-0.4, -0.2) is 24.1 Å². The molecule has 0 aliphatic heterocycles. The zero-order valence-electron chi connectivity index (χ0n) is 8.20. The number of anilines is 2. The third-order valence-corrected chi connectivity index (χ3v) is 2.09. The Hall–Kier alpha value is -1.84. The van der Waals surface area contributed by atoms with Crippen LogP contribution in [0.2, 0.25) is 0 Å². The number of hydrogen-bond acceptors (Lipinski definition) is 4. The third kappa shape index (κ3) is 1.46. The molecule has 2 aromatic rings. The maximum Gasteiger partial charge on any atom is 0.161 e. The monoisotopic (exact) mass is 188 g/mol. The summed E-state index contributed by atoms with van der Waals surface area (Å²) in [6, 6.07) is 5.96. The van der Waals surface area contributed by atoms with Gasteiger partial charge in [0.15, 0.2) is 5.65 Å². The summed E-state index contributed by atoms with van der Waals surface area (Å²) in [6.07, 6.45) is 1.77. The highest BCUT2D eigenvalue weighted by Gasteiger charge is 1.98. The van der Waals surface area contributed by atoms with Gasteiger partial charge in [0, 0.05) is 19.5 Å². The van der Waals surface area contributed by atoms with Crippen molar-refractivity contribution in [1.82, 2.24) is 9.97 Å². The predicted octanol–water partition coefficient (Wildman–Crippen LogP) is 1.71. The number of aromatic nitrogens is 2. The fourth-order valence-corrected chi connectivity index (χ4v) is 1.29. The largest absolute Gasteiger partial charge is 0.387 e. The summed E-state index contributed by atoms with van der Waals surface area (Å²) in [5.41, 5.74) is 1.76. The van der Waals surface area contributed by atoms with E-state index >= 15 is 0 Å². The molecule has 14 heavy (non-hydrogen) atoms. The lowest BCUT2D eigenvalue weighted by molar-refractivity contribution is 1.26. The van der Waals surface area contributed by atoms with E-state index in [0.29, 0.717) is 0 Å². The highest BCUT2D eigenvalue weighted by atomic mass is 15.0. The molecule has 0 atom stereocenters. The maximum atomic E-state index is 4.32. The molecule has 0 saturated carbocycles. The average molecular weight is 188 g/mol. The highest BCUT2D eigenvalue weighted by Crippen LogP contribution is 2.16. The molecule has 2 rings (SSSR count). The van der Waals surface area contributed by atoms with E-state index in [-0.39, 0.29) is 0 Å². The first-order valence-corrected chi connectivity index (χ1v) is 4.46. The van der Waals surface area contributed by atoms with E-state index in [1.807, 2.05) is 32.3 Å². The molecule has 0 fully saturated rings. The van der Waals surface area contributed by atoms with Crippen LogP contribution in [0, 0.1) is 0 Å². The van der Waals surface area contributed by atoms with Gasteiger partial charge >= 0.3 is 0 Å². The first-order chi connectivity index (χ1) is 6.83. The van der Waals surface area contributed by atoms with Gasteiger partial charge in [-0.1, -0.05) is 0 Å². The first-order valence-electron chi connectivity index (χ1n) is 4.46. The summed E-state index contributed by atoms with van der Waals surface area (Å²) in [5, 5.41) is 7.06. The Bertz CT molecular complexity index is 410. The summed E-state index contributed by atoms with van der Waals surface area (Å²) in [4.78, 5) is 8.57. The van der Waals surface area contributed by atoms with Crippen LogP contribution in [0.3, 0.4) is 0 Å². The molecular weight excluding hydrogens is 176 g/mol. The number of hydrogen-bond donors (Lipinski definition) is 2. The standard InChI is InChI=1S/C10H12N4/c1-11-8-5-7-3-4-9(12-2)14-10(7)13-6-8/h3-6,11H,1-2H3,(H,12,13,14). The Morgan fingerprint density at radius 3 is 2.71 bits per heavy atom. The Labute approximate surface area is 82.4 Å². The van der Waals surface area contributed by atoms with E-state index in [2.05, 4.69) is 20.6 Å². The van der Waals surface area contributed by atoms with Crippen molar-refractivity contribution in [2.24, 2.45) is 0 Å². The van der Waals surface area contributed by atoms with Crippen LogP contribution in [0.4, 0.5) is 11.5 Å². The van der Waals surface area contributed by atoms with E-state index in [9.17, 15) is 0 Å². The van der Waals surface area contributed by atoms with Crippen LogP contribution in [0.25, 0.3) is 11.0 Å². The minimum atomic E-state index is 0.760. The predicted molar refractivity (Wildman–Crippen MR) is 58.6 cm³/mol. The van der Waals surface area contributed by atoms with Crippen LogP contribution in [0.1, 0.15) is 0 Å². The number of pyridine rings is 2. The normalized spacial score (nSPS) is 10.1. The minimum absolute atomic E-state index is 0.760. The fourth-order valence-electron chi connectivity index (χ4n) is 1.29. The zero-order chi connectivity index (χ0) is 9.97. The van der Waals surface area contributed by atoms with Crippen LogP contribution >= 0.6 is 0 Å². The van der Waals surface area contributed by atoms with E-state index in [1.165, 1.54) is 0 Å². The van der Waals surface area contributed by atoms with E-state index in [4.69, 9.17) is 0 Å². The molecule has 2 heterocycles.